The Morgan fingerprint density at radius 1 is 1.11 bits per heavy atom. The number of carbonyl (C=O) groups excluding carboxylic acids is 2. The number of amides is 1. The third-order valence-corrected chi connectivity index (χ3v) is 8.29. The van der Waals surface area contributed by atoms with Crippen LogP contribution in [0.1, 0.15) is 28.8 Å². The third kappa shape index (κ3) is 5.28. The summed E-state index contributed by atoms with van der Waals surface area (Å²) in [5, 5.41) is 0.0658. The molecule has 1 atom stereocenters. The van der Waals surface area contributed by atoms with Crippen LogP contribution in [0.4, 0.5) is 15.0 Å². The maximum absolute atomic E-state index is 13.5. The molecular formula is C22H23FN4O8S2. The van der Waals surface area contributed by atoms with Crippen molar-refractivity contribution in [3.05, 3.63) is 47.3 Å². The fraction of sp³-hybridized carbons (Fsp3) is 0.318. The average molecular weight is 555 g/mol. The van der Waals surface area contributed by atoms with E-state index in [4.69, 9.17) is 10.2 Å². The van der Waals surface area contributed by atoms with Gasteiger partial charge in [-0.2, -0.15) is 9.29 Å². The summed E-state index contributed by atoms with van der Waals surface area (Å²) in [6, 6.07) is 6.37. The largest absolute Gasteiger partial charge is 0.437 e. The van der Waals surface area contributed by atoms with E-state index in [0.717, 1.165) is 33.3 Å². The predicted molar refractivity (Wildman–Crippen MR) is 131 cm³/mol. The molecule has 1 aliphatic rings. The normalized spacial score (nSPS) is 17.2. The molecule has 0 aliphatic carbocycles. The van der Waals surface area contributed by atoms with Gasteiger partial charge in [0.05, 0.1) is 17.9 Å². The molecule has 0 saturated carbocycles. The first kappa shape index (κ1) is 26.5. The topological polar surface area (TPSA) is 170 Å². The lowest BCUT2D eigenvalue weighted by Gasteiger charge is -2.33. The van der Waals surface area contributed by atoms with E-state index in [-0.39, 0.29) is 53.4 Å². The molecule has 0 fully saturated rings. The van der Waals surface area contributed by atoms with Crippen molar-refractivity contribution in [2.45, 2.75) is 12.8 Å². The molecule has 2 N–H and O–H groups in total. The van der Waals surface area contributed by atoms with Crippen LogP contribution in [-0.4, -0.2) is 70.3 Å². The molecule has 1 aliphatic heterocycles. The molecule has 0 saturated heterocycles. The first-order valence-electron chi connectivity index (χ1n) is 10.8. The van der Waals surface area contributed by atoms with E-state index in [1.807, 2.05) is 0 Å². The fourth-order valence-corrected chi connectivity index (χ4v) is 5.95. The van der Waals surface area contributed by atoms with Gasteiger partial charge in [0.1, 0.15) is 17.2 Å². The van der Waals surface area contributed by atoms with Gasteiger partial charge in [-0.3, -0.25) is 4.31 Å². The number of primary amides is 1. The van der Waals surface area contributed by atoms with Crippen LogP contribution in [0.3, 0.4) is 0 Å². The van der Waals surface area contributed by atoms with E-state index < -0.39 is 43.8 Å². The van der Waals surface area contributed by atoms with Crippen LogP contribution in [0.5, 0.6) is 0 Å². The number of hydrogen-bond acceptors (Lipinski definition) is 9. The first-order valence-corrected chi connectivity index (χ1v) is 14.5. The second kappa shape index (κ2) is 9.39. The van der Waals surface area contributed by atoms with E-state index in [0.29, 0.717) is 5.56 Å². The Labute approximate surface area is 211 Å². The number of nitrogens with two attached hydrogens (primary N) is 1. The van der Waals surface area contributed by atoms with Crippen molar-refractivity contribution in [2.75, 3.05) is 36.5 Å². The molecule has 3 heterocycles. The molecule has 0 radical (unpaired) electrons. The lowest BCUT2D eigenvalue weighted by molar-refractivity contribution is 0.0640. The van der Waals surface area contributed by atoms with Crippen molar-refractivity contribution in [1.29, 1.82) is 0 Å². The first-order chi connectivity index (χ1) is 17.2. The van der Waals surface area contributed by atoms with Gasteiger partial charge in [0.2, 0.25) is 25.8 Å². The van der Waals surface area contributed by atoms with Gasteiger partial charge in [0.15, 0.2) is 5.76 Å². The number of pyridine rings is 1. The lowest BCUT2D eigenvalue weighted by Crippen LogP contribution is -2.44. The fourth-order valence-electron chi connectivity index (χ4n) is 4.17. The number of ether oxygens (including phenoxy) is 1. The molecule has 198 valence electrons. The molecule has 3 aromatic rings. The van der Waals surface area contributed by atoms with Gasteiger partial charge in [-0.05, 0) is 36.2 Å². The molecule has 37 heavy (non-hydrogen) atoms. The summed E-state index contributed by atoms with van der Waals surface area (Å²) in [7, 11) is -7.59. The molecule has 1 amide bonds. The number of hydrogen-bond donors (Lipinski definition) is 1. The number of benzene rings is 1. The summed E-state index contributed by atoms with van der Waals surface area (Å²) in [5.74, 6) is -2.39. The quantitative estimate of drug-likeness (QED) is 0.374. The Morgan fingerprint density at radius 2 is 1.76 bits per heavy atom. The number of fused-ring (bicyclic) bond motifs is 2. The molecule has 0 bridgehead atoms. The molecule has 12 nitrogen and oxygen atoms in total. The minimum absolute atomic E-state index is 0.00451. The summed E-state index contributed by atoms with van der Waals surface area (Å²) in [5.41, 5.74) is 5.20. The van der Waals surface area contributed by atoms with E-state index in [1.165, 1.54) is 18.2 Å². The van der Waals surface area contributed by atoms with Crippen LogP contribution in [-0.2, 0) is 24.8 Å². The molecular weight excluding hydrogens is 531 g/mol. The highest BCUT2D eigenvalue weighted by molar-refractivity contribution is 7.92. The number of anilines is 1. The second-order valence-electron chi connectivity index (χ2n) is 8.63. The maximum atomic E-state index is 13.5. The number of sulfonamides is 2. The molecule has 0 spiro atoms. The van der Waals surface area contributed by atoms with Gasteiger partial charge >= 0.3 is 12.1 Å². The Morgan fingerprint density at radius 3 is 2.32 bits per heavy atom. The van der Waals surface area contributed by atoms with Crippen LogP contribution in [0, 0.1) is 5.82 Å². The highest BCUT2D eigenvalue weighted by Crippen LogP contribution is 2.39. The van der Waals surface area contributed by atoms with Crippen LogP contribution in [0.15, 0.2) is 34.7 Å². The van der Waals surface area contributed by atoms with Crippen molar-refractivity contribution in [1.82, 2.24) is 9.29 Å². The van der Waals surface area contributed by atoms with Gasteiger partial charge in [0, 0.05) is 30.8 Å². The van der Waals surface area contributed by atoms with Crippen LogP contribution in [0.25, 0.3) is 22.4 Å². The van der Waals surface area contributed by atoms with Gasteiger partial charge in [-0.15, -0.1) is 0 Å². The monoisotopic (exact) mass is 554 g/mol. The number of rotatable bonds is 4. The Kier molecular flexibility index (Phi) is 6.73. The van der Waals surface area contributed by atoms with Crippen molar-refractivity contribution >= 4 is 49.0 Å². The summed E-state index contributed by atoms with van der Waals surface area (Å²) < 4.78 is 76.1. The van der Waals surface area contributed by atoms with Crippen LogP contribution in [0.2, 0.25) is 0 Å². The highest BCUT2D eigenvalue weighted by atomic mass is 32.2. The number of furan rings is 1. The smallest absolute Gasteiger partial charge is 0.412 e. The second-order valence-corrected chi connectivity index (χ2v) is 12.5. The number of carbonyl (C=O) groups is 2. The molecule has 2 aromatic heterocycles. The molecule has 1 unspecified atom stereocenters. The minimum Gasteiger partial charge on any atom is -0.437 e. The molecule has 1 aromatic carbocycles. The Hall–Kier alpha value is -3.56. The highest BCUT2D eigenvalue weighted by Gasteiger charge is 2.34. The number of nitrogens with zero attached hydrogens (tertiary/aromatic N) is 3. The van der Waals surface area contributed by atoms with Gasteiger partial charge in [0.25, 0.3) is 0 Å². The van der Waals surface area contributed by atoms with Gasteiger partial charge in [-0.1, -0.05) is 6.92 Å². The van der Waals surface area contributed by atoms with Gasteiger partial charge < -0.3 is 14.9 Å². The van der Waals surface area contributed by atoms with E-state index in [9.17, 15) is 30.8 Å². The van der Waals surface area contributed by atoms with E-state index >= 15 is 0 Å². The summed E-state index contributed by atoms with van der Waals surface area (Å²) in [6.07, 6.45) is 0.614. The SMILES string of the molecule is CC1CN(S(C)(=O)=O)CCN(S(C)(=O)=O)c2nc3oc(-c4ccc(F)cc4)c(C(=O)OC(N)=O)c3cc21. The maximum Gasteiger partial charge on any atom is 0.412 e. The summed E-state index contributed by atoms with van der Waals surface area (Å²) >= 11 is 0. The zero-order chi connectivity index (χ0) is 27.3. The van der Waals surface area contributed by atoms with Crippen LogP contribution >= 0.6 is 0 Å². The molecule has 15 heteroatoms. The average Bonchev–Trinajstić information content (AvgIpc) is 3.13. The van der Waals surface area contributed by atoms with Gasteiger partial charge in [-0.25, -0.2) is 30.8 Å². The Bertz CT molecular complexity index is 1620. The van der Waals surface area contributed by atoms with Crippen molar-refractivity contribution in [3.63, 3.8) is 0 Å². The van der Waals surface area contributed by atoms with E-state index in [1.54, 1.807) is 6.92 Å². The molecule has 4 rings (SSSR count). The standard InChI is InChI=1S/C22H23FN4O8S2/c1-12-11-26(36(2,30)31)8-9-27(37(3,32)33)19-15(12)10-16-17(21(28)35-22(24)29)18(34-20(16)25-19)13-4-6-14(23)7-5-13/h4-7,10,12H,8-9,11H2,1-3H3,(H2,24,29). The number of esters is 1. The van der Waals surface area contributed by atoms with Crippen LogP contribution < -0.4 is 10.0 Å². The lowest BCUT2D eigenvalue weighted by atomic mass is 9.98. The number of aromatic nitrogens is 1. The summed E-state index contributed by atoms with van der Waals surface area (Å²) in [6.45, 7) is 1.37. The number of halogens is 1. The Balaban J connectivity index is 2.02. The van der Waals surface area contributed by atoms with E-state index in [2.05, 4.69) is 9.72 Å². The van der Waals surface area contributed by atoms with Crippen molar-refractivity contribution < 1.29 is 40.0 Å². The minimum atomic E-state index is -3.92. The zero-order valence-electron chi connectivity index (χ0n) is 20.0. The predicted octanol–water partition coefficient (Wildman–Crippen LogP) is 2.01. The summed E-state index contributed by atoms with van der Waals surface area (Å²) in [4.78, 5) is 28.6. The van der Waals surface area contributed by atoms with Crippen molar-refractivity contribution in [2.24, 2.45) is 5.73 Å². The van der Waals surface area contributed by atoms with Crippen molar-refractivity contribution in [3.8, 4) is 11.3 Å². The zero-order valence-corrected chi connectivity index (χ0v) is 21.6. The third-order valence-electron chi connectivity index (χ3n) is 5.86.